The molecule has 2 rings (SSSR count). The summed E-state index contributed by atoms with van der Waals surface area (Å²) in [6.45, 7) is 11.4. The Bertz CT molecular complexity index is 350. The number of aromatic nitrogens is 1. The molecular weight excluding hydrogens is 242 g/mol. The number of rotatable bonds is 4. The van der Waals surface area contributed by atoms with Crippen molar-refractivity contribution >= 4 is 11.3 Å². The van der Waals surface area contributed by atoms with Crippen LogP contribution in [-0.4, -0.2) is 35.1 Å². The van der Waals surface area contributed by atoms with Gasteiger partial charge in [0.05, 0.1) is 6.04 Å². The summed E-state index contributed by atoms with van der Waals surface area (Å²) in [6.07, 6.45) is 3.12. The lowest BCUT2D eigenvalue weighted by Gasteiger charge is -2.44. The van der Waals surface area contributed by atoms with Crippen molar-refractivity contribution in [3.8, 4) is 0 Å². The zero-order valence-corrected chi connectivity index (χ0v) is 12.7. The average molecular weight is 267 g/mol. The highest BCUT2D eigenvalue weighted by Crippen LogP contribution is 2.28. The van der Waals surface area contributed by atoms with Crippen LogP contribution >= 0.6 is 11.3 Å². The Morgan fingerprint density at radius 3 is 2.83 bits per heavy atom. The Morgan fingerprint density at radius 1 is 1.50 bits per heavy atom. The van der Waals surface area contributed by atoms with E-state index in [1.807, 2.05) is 6.20 Å². The molecule has 18 heavy (non-hydrogen) atoms. The zero-order valence-electron chi connectivity index (χ0n) is 11.9. The minimum Gasteiger partial charge on any atom is -0.311 e. The highest BCUT2D eigenvalue weighted by molar-refractivity contribution is 7.09. The Labute approximate surface area is 115 Å². The fourth-order valence-corrected chi connectivity index (χ4v) is 3.44. The summed E-state index contributed by atoms with van der Waals surface area (Å²) in [4.78, 5) is 7.13. The molecule has 0 bridgehead atoms. The first-order valence-corrected chi connectivity index (χ1v) is 7.90. The van der Waals surface area contributed by atoms with Gasteiger partial charge in [0.15, 0.2) is 0 Å². The Balaban J connectivity index is 2.10. The first-order valence-electron chi connectivity index (χ1n) is 7.02. The normalized spacial score (nSPS) is 27.6. The summed E-state index contributed by atoms with van der Waals surface area (Å²) in [5, 5.41) is 7.02. The van der Waals surface area contributed by atoms with Gasteiger partial charge in [-0.25, -0.2) is 4.98 Å². The molecule has 4 heteroatoms. The van der Waals surface area contributed by atoms with E-state index >= 15 is 0 Å². The van der Waals surface area contributed by atoms with E-state index in [2.05, 4.69) is 48.3 Å². The molecule has 0 spiro atoms. The summed E-state index contributed by atoms with van der Waals surface area (Å²) in [7, 11) is 0. The lowest BCUT2D eigenvalue weighted by Crippen LogP contribution is -2.58. The molecule has 0 aromatic carbocycles. The van der Waals surface area contributed by atoms with E-state index in [9.17, 15) is 0 Å². The molecule has 1 aliphatic rings. The van der Waals surface area contributed by atoms with Crippen LogP contribution in [0.2, 0.25) is 0 Å². The summed E-state index contributed by atoms with van der Waals surface area (Å²) in [5.74, 6) is 0.689. The van der Waals surface area contributed by atoms with Crippen LogP contribution in [0.1, 0.15) is 45.2 Å². The molecule has 102 valence electrons. The van der Waals surface area contributed by atoms with Crippen LogP contribution in [0.4, 0.5) is 0 Å². The summed E-state index contributed by atoms with van der Waals surface area (Å²) in [6, 6.07) is 1.69. The van der Waals surface area contributed by atoms with Crippen molar-refractivity contribution in [3.05, 3.63) is 16.6 Å². The topological polar surface area (TPSA) is 28.2 Å². The van der Waals surface area contributed by atoms with Gasteiger partial charge in [-0.05, 0) is 19.3 Å². The average Bonchev–Trinajstić information content (AvgIpc) is 2.90. The third-order valence-corrected chi connectivity index (χ3v) is 5.02. The molecule has 3 atom stereocenters. The molecule has 0 aliphatic carbocycles. The standard InChI is InChI=1S/C14H25N3S/c1-5-12-8-16-13(10(2)3)9-17(12)11(4)14-15-6-7-18-14/h6-7,10-13,16H,5,8-9H2,1-4H3. The first kappa shape index (κ1) is 14.0. The maximum absolute atomic E-state index is 4.49. The maximum Gasteiger partial charge on any atom is 0.109 e. The van der Waals surface area contributed by atoms with E-state index in [4.69, 9.17) is 0 Å². The predicted octanol–water partition coefficient (Wildman–Crippen LogP) is 2.91. The van der Waals surface area contributed by atoms with Gasteiger partial charge < -0.3 is 5.32 Å². The Morgan fingerprint density at radius 2 is 2.28 bits per heavy atom. The predicted molar refractivity (Wildman–Crippen MR) is 77.9 cm³/mol. The lowest BCUT2D eigenvalue weighted by atomic mass is 9.97. The molecule has 1 aromatic heterocycles. The molecule has 1 fully saturated rings. The number of nitrogens with one attached hydrogen (secondary N) is 1. The largest absolute Gasteiger partial charge is 0.311 e. The van der Waals surface area contributed by atoms with Crippen molar-refractivity contribution < 1.29 is 0 Å². The molecule has 0 radical (unpaired) electrons. The highest BCUT2D eigenvalue weighted by Gasteiger charge is 2.32. The van der Waals surface area contributed by atoms with E-state index in [1.54, 1.807) is 11.3 Å². The van der Waals surface area contributed by atoms with Crippen LogP contribution in [0, 0.1) is 5.92 Å². The van der Waals surface area contributed by atoms with Crippen molar-refractivity contribution in [2.75, 3.05) is 13.1 Å². The second-order valence-corrected chi connectivity index (χ2v) is 6.49. The molecular formula is C14H25N3S. The van der Waals surface area contributed by atoms with Crippen LogP contribution < -0.4 is 5.32 Å². The first-order chi connectivity index (χ1) is 8.63. The quantitative estimate of drug-likeness (QED) is 0.909. The van der Waals surface area contributed by atoms with Gasteiger partial charge in [-0.1, -0.05) is 20.8 Å². The minimum atomic E-state index is 0.443. The van der Waals surface area contributed by atoms with Crippen LogP contribution in [-0.2, 0) is 0 Å². The molecule has 1 saturated heterocycles. The molecule has 3 nitrogen and oxygen atoms in total. The van der Waals surface area contributed by atoms with Gasteiger partial charge in [-0.2, -0.15) is 0 Å². The minimum absolute atomic E-state index is 0.443. The Kier molecular flexibility index (Phi) is 4.76. The fraction of sp³-hybridized carbons (Fsp3) is 0.786. The summed E-state index contributed by atoms with van der Waals surface area (Å²) in [5.41, 5.74) is 0. The molecule has 1 aromatic rings. The molecule has 0 saturated carbocycles. The monoisotopic (exact) mass is 267 g/mol. The van der Waals surface area contributed by atoms with Gasteiger partial charge in [-0.15, -0.1) is 11.3 Å². The van der Waals surface area contributed by atoms with E-state index in [-0.39, 0.29) is 0 Å². The fourth-order valence-electron chi connectivity index (χ4n) is 2.73. The number of nitrogens with zero attached hydrogens (tertiary/aromatic N) is 2. The number of hydrogen-bond donors (Lipinski definition) is 1. The second-order valence-electron chi connectivity index (χ2n) is 5.56. The van der Waals surface area contributed by atoms with Gasteiger partial charge in [0, 0.05) is 36.8 Å². The van der Waals surface area contributed by atoms with Gasteiger partial charge >= 0.3 is 0 Å². The SMILES string of the molecule is CCC1CNC(C(C)C)CN1C(C)c1nccs1. The highest BCUT2D eigenvalue weighted by atomic mass is 32.1. The van der Waals surface area contributed by atoms with Crippen LogP contribution in [0.25, 0.3) is 0 Å². The Hall–Kier alpha value is -0.450. The summed E-state index contributed by atoms with van der Waals surface area (Å²) < 4.78 is 0. The third-order valence-electron chi connectivity index (χ3n) is 4.07. The van der Waals surface area contributed by atoms with Gasteiger partial charge in [0.1, 0.15) is 5.01 Å². The molecule has 3 unspecified atom stereocenters. The number of thiazole rings is 1. The van der Waals surface area contributed by atoms with Crippen molar-refractivity contribution in [1.29, 1.82) is 0 Å². The zero-order chi connectivity index (χ0) is 13.1. The second kappa shape index (κ2) is 6.13. The van der Waals surface area contributed by atoms with Gasteiger partial charge in [0.2, 0.25) is 0 Å². The molecule has 0 amide bonds. The molecule has 1 aliphatic heterocycles. The third kappa shape index (κ3) is 2.92. The maximum atomic E-state index is 4.49. The number of piperazine rings is 1. The van der Waals surface area contributed by atoms with Gasteiger partial charge in [0.25, 0.3) is 0 Å². The lowest BCUT2D eigenvalue weighted by molar-refractivity contribution is 0.0735. The van der Waals surface area contributed by atoms with Crippen molar-refractivity contribution in [2.45, 2.75) is 52.2 Å². The van der Waals surface area contributed by atoms with Crippen LogP contribution in [0.15, 0.2) is 11.6 Å². The van der Waals surface area contributed by atoms with Crippen molar-refractivity contribution in [3.63, 3.8) is 0 Å². The van der Waals surface area contributed by atoms with E-state index in [1.165, 1.54) is 11.4 Å². The van der Waals surface area contributed by atoms with Crippen LogP contribution in [0.5, 0.6) is 0 Å². The van der Waals surface area contributed by atoms with Crippen LogP contribution in [0.3, 0.4) is 0 Å². The van der Waals surface area contributed by atoms with E-state index in [0.29, 0.717) is 24.0 Å². The molecule has 1 N–H and O–H groups in total. The smallest absolute Gasteiger partial charge is 0.109 e. The summed E-state index contributed by atoms with van der Waals surface area (Å²) >= 11 is 1.77. The number of hydrogen-bond acceptors (Lipinski definition) is 4. The van der Waals surface area contributed by atoms with E-state index in [0.717, 1.165) is 13.1 Å². The van der Waals surface area contributed by atoms with Gasteiger partial charge in [-0.3, -0.25) is 4.90 Å². The molecule has 2 heterocycles. The van der Waals surface area contributed by atoms with Crippen molar-refractivity contribution in [1.82, 2.24) is 15.2 Å². The van der Waals surface area contributed by atoms with Crippen molar-refractivity contribution in [2.24, 2.45) is 5.92 Å². The van der Waals surface area contributed by atoms with E-state index < -0.39 is 0 Å².